The van der Waals surface area contributed by atoms with E-state index in [1.54, 1.807) is 7.11 Å². The summed E-state index contributed by atoms with van der Waals surface area (Å²) in [6.07, 6.45) is 5.83. The summed E-state index contributed by atoms with van der Waals surface area (Å²) in [6.45, 7) is 2.23. The summed E-state index contributed by atoms with van der Waals surface area (Å²) in [5, 5.41) is 13.9. The van der Waals surface area contributed by atoms with E-state index < -0.39 is 11.4 Å². The summed E-state index contributed by atoms with van der Waals surface area (Å²) in [5.74, 6) is -0.266. The Kier molecular flexibility index (Phi) is 4.06. The fourth-order valence-corrected chi connectivity index (χ4v) is 4.17. The number of carbonyl (C=O) groups excluding carboxylic acids is 1. The minimum Gasteiger partial charge on any atom is -0.476 e. The Morgan fingerprint density at radius 1 is 1.36 bits per heavy atom. The normalized spacial score (nSPS) is 21.6. The van der Waals surface area contributed by atoms with Crippen LogP contribution in [0, 0.1) is 11.3 Å². The third-order valence-corrected chi connectivity index (χ3v) is 5.94. The summed E-state index contributed by atoms with van der Waals surface area (Å²) in [5.41, 5.74) is 1.43. The molecule has 0 radical (unpaired) electrons. The van der Waals surface area contributed by atoms with E-state index in [0.29, 0.717) is 32.0 Å². The van der Waals surface area contributed by atoms with Crippen molar-refractivity contribution < 1.29 is 19.4 Å². The number of rotatable bonds is 6. The van der Waals surface area contributed by atoms with Crippen molar-refractivity contribution in [3.05, 3.63) is 17.0 Å². The molecule has 7 heteroatoms. The van der Waals surface area contributed by atoms with E-state index in [-0.39, 0.29) is 11.6 Å². The Morgan fingerprint density at radius 3 is 2.68 bits per heavy atom. The van der Waals surface area contributed by atoms with Crippen LogP contribution in [-0.2, 0) is 29.0 Å². The van der Waals surface area contributed by atoms with E-state index in [1.165, 1.54) is 12.8 Å². The highest BCUT2D eigenvalue weighted by atomic mass is 16.5. The average Bonchev–Trinajstić information content (AvgIpc) is 3.30. The van der Waals surface area contributed by atoms with Gasteiger partial charge in [-0.3, -0.25) is 9.48 Å². The summed E-state index contributed by atoms with van der Waals surface area (Å²) in [7, 11) is 1.63. The van der Waals surface area contributed by atoms with Crippen molar-refractivity contribution in [3.8, 4) is 0 Å². The molecule has 1 N–H and O–H groups in total. The van der Waals surface area contributed by atoms with Crippen molar-refractivity contribution >= 4 is 11.9 Å². The first kappa shape index (κ1) is 16.6. The number of amides is 1. The molecule has 0 saturated heterocycles. The van der Waals surface area contributed by atoms with Gasteiger partial charge in [0, 0.05) is 44.4 Å². The molecule has 2 aliphatic carbocycles. The standard InChI is InChI=1S/C18H25N3O4/c1-25-11-18(6-2-7-18)17(24)20-8-5-14-13(10-20)15(16(22)23)19-21(14)9-12-3-4-12/h12H,2-11H2,1H3,(H,22,23). The largest absolute Gasteiger partial charge is 0.476 e. The molecule has 4 rings (SSSR count). The third-order valence-electron chi connectivity index (χ3n) is 5.94. The van der Waals surface area contributed by atoms with E-state index >= 15 is 0 Å². The van der Waals surface area contributed by atoms with E-state index in [2.05, 4.69) is 5.10 Å². The molecule has 2 heterocycles. The zero-order valence-corrected chi connectivity index (χ0v) is 14.7. The predicted octanol–water partition coefficient (Wildman–Crippen LogP) is 1.69. The number of methoxy groups -OCH3 is 1. The van der Waals surface area contributed by atoms with Crippen LogP contribution in [0.5, 0.6) is 0 Å². The number of aromatic nitrogens is 2. The van der Waals surface area contributed by atoms with Crippen LogP contribution in [0.4, 0.5) is 0 Å². The molecule has 1 aromatic heterocycles. The number of hydrogen-bond donors (Lipinski definition) is 1. The van der Waals surface area contributed by atoms with Crippen molar-refractivity contribution in [2.75, 3.05) is 20.3 Å². The number of fused-ring (bicyclic) bond motifs is 1. The van der Waals surface area contributed by atoms with E-state index in [9.17, 15) is 14.7 Å². The topological polar surface area (TPSA) is 84.7 Å². The summed E-state index contributed by atoms with van der Waals surface area (Å²) >= 11 is 0. The van der Waals surface area contributed by atoms with Crippen molar-refractivity contribution in [2.24, 2.45) is 11.3 Å². The number of carboxylic acids is 1. The molecule has 2 saturated carbocycles. The maximum atomic E-state index is 13.0. The van der Waals surface area contributed by atoms with Gasteiger partial charge in [0.1, 0.15) is 0 Å². The van der Waals surface area contributed by atoms with Gasteiger partial charge in [-0.1, -0.05) is 6.42 Å². The Labute approximate surface area is 146 Å². The lowest BCUT2D eigenvalue weighted by Crippen LogP contribution is -2.51. The second-order valence-corrected chi connectivity index (χ2v) is 7.75. The molecular weight excluding hydrogens is 322 g/mol. The molecular formula is C18H25N3O4. The van der Waals surface area contributed by atoms with Gasteiger partial charge in [-0.15, -0.1) is 0 Å². The molecule has 7 nitrogen and oxygen atoms in total. The first-order chi connectivity index (χ1) is 12.0. The molecule has 0 atom stereocenters. The van der Waals surface area contributed by atoms with Gasteiger partial charge >= 0.3 is 5.97 Å². The maximum absolute atomic E-state index is 13.0. The molecule has 3 aliphatic rings. The summed E-state index contributed by atoms with van der Waals surface area (Å²) in [6, 6.07) is 0. The van der Waals surface area contributed by atoms with Crippen LogP contribution in [0.3, 0.4) is 0 Å². The van der Waals surface area contributed by atoms with Crippen LogP contribution in [0.2, 0.25) is 0 Å². The third kappa shape index (κ3) is 2.84. The van der Waals surface area contributed by atoms with Crippen molar-refractivity contribution in [3.63, 3.8) is 0 Å². The van der Waals surface area contributed by atoms with Gasteiger partial charge in [-0.25, -0.2) is 4.79 Å². The molecule has 1 amide bonds. The van der Waals surface area contributed by atoms with Crippen LogP contribution in [0.15, 0.2) is 0 Å². The number of aromatic carboxylic acids is 1. The Bertz CT molecular complexity index is 703. The van der Waals surface area contributed by atoms with Crippen LogP contribution in [0.25, 0.3) is 0 Å². The average molecular weight is 347 g/mol. The summed E-state index contributed by atoms with van der Waals surface area (Å²) < 4.78 is 7.17. The number of nitrogens with zero attached hydrogens (tertiary/aromatic N) is 3. The van der Waals surface area contributed by atoms with Gasteiger partial charge in [0.25, 0.3) is 0 Å². The number of carbonyl (C=O) groups is 2. The van der Waals surface area contributed by atoms with Gasteiger partial charge in [-0.2, -0.15) is 5.10 Å². The van der Waals surface area contributed by atoms with Gasteiger partial charge in [-0.05, 0) is 31.6 Å². The second-order valence-electron chi connectivity index (χ2n) is 7.75. The lowest BCUT2D eigenvalue weighted by Gasteiger charge is -2.44. The highest BCUT2D eigenvalue weighted by molar-refractivity contribution is 5.88. The van der Waals surface area contributed by atoms with Crippen molar-refractivity contribution in [1.29, 1.82) is 0 Å². The SMILES string of the molecule is COCC1(C(=O)N2CCc3c(c(C(=O)O)nn3CC3CC3)C2)CCC1. The fourth-order valence-electron chi connectivity index (χ4n) is 4.17. The quantitative estimate of drug-likeness (QED) is 0.846. The van der Waals surface area contributed by atoms with E-state index in [0.717, 1.165) is 37.1 Å². The molecule has 0 unspecified atom stereocenters. The molecule has 1 aromatic rings. The zero-order chi connectivity index (χ0) is 17.6. The Balaban J connectivity index is 1.58. The zero-order valence-electron chi connectivity index (χ0n) is 14.7. The van der Waals surface area contributed by atoms with E-state index in [4.69, 9.17) is 4.74 Å². The lowest BCUT2D eigenvalue weighted by molar-refractivity contribution is -0.153. The number of carboxylic acid groups (broad SMARTS) is 1. The first-order valence-electron chi connectivity index (χ1n) is 9.14. The van der Waals surface area contributed by atoms with Gasteiger partial charge in [0.2, 0.25) is 5.91 Å². The highest BCUT2D eigenvalue weighted by Crippen LogP contribution is 2.43. The summed E-state index contributed by atoms with van der Waals surface area (Å²) in [4.78, 5) is 26.5. The van der Waals surface area contributed by atoms with Gasteiger partial charge in [0.05, 0.1) is 12.0 Å². The predicted molar refractivity (Wildman–Crippen MR) is 89.2 cm³/mol. The smallest absolute Gasteiger partial charge is 0.356 e. The Hall–Kier alpha value is -1.89. The molecule has 2 fully saturated rings. The fraction of sp³-hybridized carbons (Fsp3) is 0.722. The first-order valence-corrected chi connectivity index (χ1v) is 9.14. The van der Waals surface area contributed by atoms with E-state index in [1.807, 2.05) is 9.58 Å². The molecule has 0 spiro atoms. The molecule has 136 valence electrons. The molecule has 0 bridgehead atoms. The maximum Gasteiger partial charge on any atom is 0.356 e. The molecule has 0 aromatic carbocycles. The van der Waals surface area contributed by atoms with Crippen LogP contribution in [0.1, 0.15) is 53.8 Å². The van der Waals surface area contributed by atoms with Crippen LogP contribution < -0.4 is 0 Å². The number of hydrogen-bond acceptors (Lipinski definition) is 4. The second kappa shape index (κ2) is 6.12. The lowest BCUT2D eigenvalue weighted by atomic mass is 9.68. The minimum atomic E-state index is -1.00. The van der Waals surface area contributed by atoms with Crippen molar-refractivity contribution in [2.45, 2.75) is 51.6 Å². The molecule has 25 heavy (non-hydrogen) atoms. The molecule has 1 aliphatic heterocycles. The van der Waals surface area contributed by atoms with Crippen LogP contribution in [-0.4, -0.2) is 51.9 Å². The number of ether oxygens (including phenoxy) is 1. The van der Waals surface area contributed by atoms with Gasteiger partial charge in [0.15, 0.2) is 5.69 Å². The minimum absolute atomic E-state index is 0.109. The van der Waals surface area contributed by atoms with Gasteiger partial charge < -0.3 is 14.7 Å². The Morgan fingerprint density at radius 2 is 2.12 bits per heavy atom. The highest BCUT2D eigenvalue weighted by Gasteiger charge is 2.47. The monoisotopic (exact) mass is 347 g/mol. The van der Waals surface area contributed by atoms with Crippen LogP contribution >= 0.6 is 0 Å². The van der Waals surface area contributed by atoms with Crippen molar-refractivity contribution in [1.82, 2.24) is 14.7 Å².